The Morgan fingerprint density at radius 1 is 0.808 bits per heavy atom. The van der Waals surface area contributed by atoms with Crippen LogP contribution < -0.4 is 0 Å². The SMILES string of the molecule is CCCCCCCCCCCCCCCO[C@@H]1[C@@H](O)[C@H](CO)OC[C@H]1O. The van der Waals surface area contributed by atoms with Crippen molar-refractivity contribution in [2.45, 2.75) is 115 Å². The molecule has 0 saturated carbocycles. The molecule has 3 N–H and O–H groups in total. The molecule has 1 fully saturated rings. The van der Waals surface area contributed by atoms with Gasteiger partial charge in [0.25, 0.3) is 0 Å². The molecule has 0 unspecified atom stereocenters. The van der Waals surface area contributed by atoms with E-state index in [1.165, 1.54) is 70.6 Å². The molecule has 0 aromatic rings. The van der Waals surface area contributed by atoms with E-state index < -0.39 is 24.4 Å². The van der Waals surface area contributed by atoms with E-state index in [0.29, 0.717) is 6.61 Å². The topological polar surface area (TPSA) is 79.2 Å². The van der Waals surface area contributed by atoms with Crippen LogP contribution in [0.3, 0.4) is 0 Å². The standard InChI is InChI=1S/C21H42O5/c1-2-3-4-5-6-7-8-9-10-11-12-13-14-15-25-21-18(23)17-26-19(16-22)20(21)24/h18-24H,2-17H2,1H3/t18-,19+,20+,21+/m1/s1. The molecule has 1 saturated heterocycles. The van der Waals surface area contributed by atoms with Crippen molar-refractivity contribution in [2.24, 2.45) is 0 Å². The van der Waals surface area contributed by atoms with Gasteiger partial charge in [0.2, 0.25) is 0 Å². The molecule has 4 atom stereocenters. The molecule has 0 aromatic carbocycles. The molecule has 0 bridgehead atoms. The Morgan fingerprint density at radius 3 is 1.81 bits per heavy atom. The zero-order valence-corrected chi connectivity index (χ0v) is 16.8. The first-order chi connectivity index (χ1) is 12.7. The van der Waals surface area contributed by atoms with Gasteiger partial charge in [-0.2, -0.15) is 0 Å². The lowest BCUT2D eigenvalue weighted by molar-refractivity contribution is -0.210. The predicted molar refractivity (Wildman–Crippen MR) is 104 cm³/mol. The van der Waals surface area contributed by atoms with Gasteiger partial charge in [0.05, 0.1) is 13.2 Å². The molecule has 0 amide bonds. The maximum atomic E-state index is 10.0. The van der Waals surface area contributed by atoms with Crippen LogP contribution in [-0.4, -0.2) is 59.6 Å². The number of hydrogen-bond donors (Lipinski definition) is 3. The Morgan fingerprint density at radius 2 is 1.31 bits per heavy atom. The predicted octanol–water partition coefficient (Wildman–Crippen LogP) is 3.58. The number of rotatable bonds is 16. The second-order valence-corrected chi connectivity index (χ2v) is 7.69. The highest BCUT2D eigenvalue weighted by Crippen LogP contribution is 2.19. The van der Waals surface area contributed by atoms with Gasteiger partial charge >= 0.3 is 0 Å². The van der Waals surface area contributed by atoms with Crippen molar-refractivity contribution in [1.82, 2.24) is 0 Å². The van der Waals surface area contributed by atoms with Gasteiger partial charge in [0.1, 0.15) is 24.4 Å². The highest BCUT2D eigenvalue weighted by Gasteiger charge is 2.38. The first-order valence-electron chi connectivity index (χ1n) is 10.9. The molecule has 1 aliphatic heterocycles. The molecule has 156 valence electrons. The van der Waals surface area contributed by atoms with Crippen LogP contribution in [0.1, 0.15) is 90.4 Å². The molecular weight excluding hydrogens is 332 g/mol. The van der Waals surface area contributed by atoms with E-state index in [1.54, 1.807) is 0 Å². The number of hydrogen-bond acceptors (Lipinski definition) is 5. The van der Waals surface area contributed by atoms with E-state index in [-0.39, 0.29) is 13.2 Å². The third-order valence-electron chi connectivity index (χ3n) is 5.32. The van der Waals surface area contributed by atoms with E-state index in [1.807, 2.05) is 0 Å². The quantitative estimate of drug-likeness (QED) is 0.360. The molecule has 5 heteroatoms. The first-order valence-corrected chi connectivity index (χ1v) is 10.9. The lowest BCUT2D eigenvalue weighted by atomic mass is 10.0. The van der Waals surface area contributed by atoms with Gasteiger partial charge in [0.15, 0.2) is 0 Å². The minimum absolute atomic E-state index is 0.103. The summed E-state index contributed by atoms with van der Waals surface area (Å²) in [7, 11) is 0. The van der Waals surface area contributed by atoms with E-state index in [2.05, 4.69) is 6.92 Å². The van der Waals surface area contributed by atoms with Crippen molar-refractivity contribution in [2.75, 3.05) is 19.8 Å². The minimum Gasteiger partial charge on any atom is -0.394 e. The van der Waals surface area contributed by atoms with Crippen LogP contribution in [0.4, 0.5) is 0 Å². The van der Waals surface area contributed by atoms with Gasteiger partial charge in [-0.25, -0.2) is 0 Å². The third-order valence-corrected chi connectivity index (χ3v) is 5.32. The Labute approximate surface area is 160 Å². The van der Waals surface area contributed by atoms with Crippen molar-refractivity contribution in [3.8, 4) is 0 Å². The Kier molecular flexibility index (Phi) is 14.5. The second kappa shape index (κ2) is 15.8. The molecule has 0 aliphatic carbocycles. The highest BCUT2D eigenvalue weighted by molar-refractivity contribution is 4.87. The average molecular weight is 375 g/mol. The Bertz CT molecular complexity index is 313. The van der Waals surface area contributed by atoms with Gasteiger partial charge in [0, 0.05) is 6.61 Å². The first kappa shape index (κ1) is 23.8. The van der Waals surface area contributed by atoms with Gasteiger partial charge < -0.3 is 24.8 Å². The Hall–Kier alpha value is -0.200. The van der Waals surface area contributed by atoms with Crippen LogP contribution in [-0.2, 0) is 9.47 Å². The highest BCUT2D eigenvalue weighted by atomic mass is 16.6. The summed E-state index contributed by atoms with van der Waals surface area (Å²) >= 11 is 0. The molecule has 1 aliphatic rings. The van der Waals surface area contributed by atoms with E-state index in [0.717, 1.165) is 12.8 Å². The summed E-state index contributed by atoms with van der Waals surface area (Å²) in [6.07, 6.45) is 13.8. The lowest BCUT2D eigenvalue weighted by Gasteiger charge is -2.37. The molecule has 0 spiro atoms. The fourth-order valence-corrected chi connectivity index (χ4v) is 3.56. The molecule has 5 nitrogen and oxygen atoms in total. The normalized spacial score (nSPS) is 26.3. The van der Waals surface area contributed by atoms with Crippen molar-refractivity contribution < 1.29 is 24.8 Å². The van der Waals surface area contributed by atoms with Crippen LogP contribution in [0.2, 0.25) is 0 Å². The number of aliphatic hydroxyl groups excluding tert-OH is 3. The van der Waals surface area contributed by atoms with Crippen LogP contribution in [0.5, 0.6) is 0 Å². The minimum atomic E-state index is -0.967. The van der Waals surface area contributed by atoms with E-state index in [4.69, 9.17) is 14.6 Å². The van der Waals surface area contributed by atoms with Gasteiger partial charge in [-0.15, -0.1) is 0 Å². The van der Waals surface area contributed by atoms with Gasteiger partial charge in [-0.3, -0.25) is 0 Å². The molecule has 1 rings (SSSR count). The van der Waals surface area contributed by atoms with Crippen molar-refractivity contribution in [3.63, 3.8) is 0 Å². The van der Waals surface area contributed by atoms with Crippen LogP contribution in [0.15, 0.2) is 0 Å². The largest absolute Gasteiger partial charge is 0.394 e. The summed E-state index contributed by atoms with van der Waals surface area (Å²) in [6, 6.07) is 0. The van der Waals surface area contributed by atoms with Crippen molar-refractivity contribution in [1.29, 1.82) is 0 Å². The molecule has 0 radical (unpaired) electrons. The third kappa shape index (κ3) is 10.2. The van der Waals surface area contributed by atoms with Crippen molar-refractivity contribution in [3.05, 3.63) is 0 Å². The zero-order valence-electron chi connectivity index (χ0n) is 16.8. The van der Waals surface area contributed by atoms with Gasteiger partial charge in [-0.1, -0.05) is 84.0 Å². The van der Waals surface area contributed by atoms with E-state index in [9.17, 15) is 10.2 Å². The molecule has 26 heavy (non-hydrogen) atoms. The average Bonchev–Trinajstić information content (AvgIpc) is 2.64. The fraction of sp³-hybridized carbons (Fsp3) is 1.00. The second-order valence-electron chi connectivity index (χ2n) is 7.69. The summed E-state index contributed by atoms with van der Waals surface area (Å²) in [5.41, 5.74) is 0. The molecular formula is C21H42O5. The molecule has 0 aromatic heterocycles. The summed E-state index contributed by atoms with van der Waals surface area (Å²) in [4.78, 5) is 0. The molecule has 1 heterocycles. The number of aliphatic hydroxyl groups is 3. The Balaban J connectivity index is 1.88. The number of unbranched alkanes of at least 4 members (excludes halogenated alkanes) is 12. The van der Waals surface area contributed by atoms with Crippen molar-refractivity contribution >= 4 is 0 Å². The van der Waals surface area contributed by atoms with Crippen LogP contribution >= 0.6 is 0 Å². The summed E-state index contributed by atoms with van der Waals surface area (Å²) in [5.74, 6) is 0. The monoisotopic (exact) mass is 374 g/mol. The maximum Gasteiger partial charge on any atom is 0.114 e. The summed E-state index contributed by atoms with van der Waals surface area (Å²) in [5, 5.41) is 29.0. The lowest BCUT2D eigenvalue weighted by Crippen LogP contribution is -2.55. The maximum absolute atomic E-state index is 10.0. The summed E-state index contributed by atoms with van der Waals surface area (Å²) < 4.78 is 10.8. The summed E-state index contributed by atoms with van der Waals surface area (Å²) in [6.45, 7) is 2.64. The fourth-order valence-electron chi connectivity index (χ4n) is 3.56. The zero-order chi connectivity index (χ0) is 19.0. The van der Waals surface area contributed by atoms with E-state index >= 15 is 0 Å². The van der Waals surface area contributed by atoms with Crippen LogP contribution in [0, 0.1) is 0 Å². The smallest absolute Gasteiger partial charge is 0.114 e. The van der Waals surface area contributed by atoms with Gasteiger partial charge in [-0.05, 0) is 6.42 Å². The number of ether oxygens (including phenoxy) is 2. The van der Waals surface area contributed by atoms with Crippen LogP contribution in [0.25, 0.3) is 0 Å².